The summed E-state index contributed by atoms with van der Waals surface area (Å²) in [4.78, 5) is 22.0. The smallest absolute Gasteiger partial charge is 0.335 e. The van der Waals surface area contributed by atoms with Crippen molar-refractivity contribution >= 4 is 11.9 Å². The molecular formula is C28H30O6. The van der Waals surface area contributed by atoms with Crippen molar-refractivity contribution < 1.29 is 29.3 Å². The van der Waals surface area contributed by atoms with Gasteiger partial charge in [0.2, 0.25) is 0 Å². The highest BCUT2D eigenvalue weighted by atomic mass is 16.5. The predicted octanol–water partition coefficient (Wildman–Crippen LogP) is 5.85. The van der Waals surface area contributed by atoms with Crippen molar-refractivity contribution in [1.82, 2.24) is 0 Å². The van der Waals surface area contributed by atoms with E-state index in [4.69, 9.17) is 19.7 Å². The van der Waals surface area contributed by atoms with Crippen LogP contribution in [-0.4, -0.2) is 28.8 Å². The third-order valence-corrected chi connectivity index (χ3v) is 5.54. The van der Waals surface area contributed by atoms with E-state index in [1.54, 1.807) is 12.1 Å². The van der Waals surface area contributed by atoms with Crippen LogP contribution in [0.2, 0.25) is 0 Å². The zero-order valence-electron chi connectivity index (χ0n) is 19.1. The minimum absolute atomic E-state index is 0.145. The number of hydrogen-bond acceptors (Lipinski definition) is 4. The molecule has 178 valence electrons. The summed E-state index contributed by atoms with van der Waals surface area (Å²) in [6.07, 6.45) is 3.05. The van der Waals surface area contributed by atoms with Gasteiger partial charge in [-0.15, -0.1) is 0 Å². The molecule has 0 bridgehead atoms. The van der Waals surface area contributed by atoms with Crippen molar-refractivity contribution in [2.24, 2.45) is 5.92 Å². The molecule has 0 aromatic heterocycles. The van der Waals surface area contributed by atoms with E-state index >= 15 is 0 Å². The maximum Gasteiger partial charge on any atom is 0.335 e. The number of aromatic carboxylic acids is 1. The quantitative estimate of drug-likeness (QED) is 0.292. The van der Waals surface area contributed by atoms with Crippen LogP contribution in [0.15, 0.2) is 78.9 Å². The zero-order valence-corrected chi connectivity index (χ0v) is 19.1. The summed E-state index contributed by atoms with van der Waals surface area (Å²) < 4.78 is 12.2. The van der Waals surface area contributed by atoms with Crippen molar-refractivity contribution in [1.29, 1.82) is 0 Å². The number of aliphatic carboxylic acids is 1. The maximum atomic E-state index is 11.1. The molecule has 0 aliphatic heterocycles. The summed E-state index contributed by atoms with van der Waals surface area (Å²) in [6, 6.07) is 24.3. The van der Waals surface area contributed by atoms with Crippen LogP contribution in [0.25, 0.3) is 0 Å². The van der Waals surface area contributed by atoms with Gasteiger partial charge < -0.3 is 19.7 Å². The minimum Gasteiger partial charge on any atom is -0.489 e. The second kappa shape index (κ2) is 13.0. The normalized spacial score (nSPS) is 11.5. The zero-order chi connectivity index (χ0) is 24.2. The Kier molecular flexibility index (Phi) is 9.52. The molecule has 1 atom stereocenters. The number of hydrogen-bond donors (Lipinski definition) is 2. The maximum absolute atomic E-state index is 11.1. The molecule has 1 unspecified atom stereocenters. The lowest BCUT2D eigenvalue weighted by molar-refractivity contribution is -0.137. The molecule has 0 radical (unpaired) electrons. The lowest BCUT2D eigenvalue weighted by Crippen LogP contribution is -2.16. The molecule has 3 aromatic carbocycles. The van der Waals surface area contributed by atoms with Crippen molar-refractivity contribution in [2.75, 3.05) is 6.61 Å². The van der Waals surface area contributed by atoms with Crippen molar-refractivity contribution in [3.8, 4) is 11.5 Å². The summed E-state index contributed by atoms with van der Waals surface area (Å²) in [5.74, 6) is -0.266. The van der Waals surface area contributed by atoms with E-state index < -0.39 is 11.9 Å². The van der Waals surface area contributed by atoms with Crippen LogP contribution in [0.4, 0.5) is 0 Å². The van der Waals surface area contributed by atoms with E-state index in [0.29, 0.717) is 37.6 Å². The van der Waals surface area contributed by atoms with Gasteiger partial charge in [-0.2, -0.15) is 0 Å². The first-order valence-electron chi connectivity index (χ1n) is 11.4. The van der Waals surface area contributed by atoms with Crippen LogP contribution in [0.3, 0.4) is 0 Å². The fraction of sp³-hybridized carbons (Fsp3) is 0.286. The minimum atomic E-state index is -0.952. The standard InChI is InChI=1S/C28H30O6/c29-27(30)13-7-4-10-23(18-21-14-16-24(17-15-21)28(31)32)20-34-26-12-6-5-11-25(26)33-19-22-8-2-1-3-9-22/h1-3,5-6,8-9,11-12,14-17,23H,4,7,10,13,18-20H2,(H,29,30)(H,31,32). The summed E-state index contributed by atoms with van der Waals surface area (Å²) in [7, 11) is 0. The molecule has 0 spiro atoms. The SMILES string of the molecule is O=C(O)CCCCC(COc1ccccc1OCc1ccccc1)Cc1ccc(C(=O)O)cc1. The van der Waals surface area contributed by atoms with Gasteiger partial charge in [-0.05, 0) is 60.6 Å². The van der Waals surface area contributed by atoms with Crippen LogP contribution in [0, 0.1) is 5.92 Å². The second-order valence-corrected chi connectivity index (χ2v) is 8.24. The predicted molar refractivity (Wildman–Crippen MR) is 129 cm³/mol. The summed E-state index contributed by atoms with van der Waals surface area (Å²) in [5, 5.41) is 18.0. The van der Waals surface area contributed by atoms with Crippen LogP contribution >= 0.6 is 0 Å². The topological polar surface area (TPSA) is 93.1 Å². The first kappa shape index (κ1) is 24.8. The van der Waals surface area contributed by atoms with Crippen LogP contribution in [0.5, 0.6) is 11.5 Å². The van der Waals surface area contributed by atoms with Gasteiger partial charge in [0.1, 0.15) is 6.61 Å². The number of para-hydroxylation sites is 2. The Morgan fingerprint density at radius 2 is 1.38 bits per heavy atom. The van der Waals surface area contributed by atoms with E-state index in [0.717, 1.165) is 24.0 Å². The molecule has 0 aliphatic carbocycles. The average Bonchev–Trinajstić information content (AvgIpc) is 2.85. The average molecular weight is 463 g/mol. The van der Waals surface area contributed by atoms with Gasteiger partial charge >= 0.3 is 11.9 Å². The van der Waals surface area contributed by atoms with Gasteiger partial charge in [-0.1, -0.05) is 61.0 Å². The van der Waals surface area contributed by atoms with Crippen LogP contribution < -0.4 is 9.47 Å². The molecule has 6 heteroatoms. The Labute approximate surface area is 199 Å². The molecular weight excluding hydrogens is 432 g/mol. The third-order valence-electron chi connectivity index (χ3n) is 5.54. The van der Waals surface area contributed by atoms with Gasteiger partial charge in [0, 0.05) is 6.42 Å². The Balaban J connectivity index is 1.63. The summed E-state index contributed by atoms with van der Waals surface area (Å²) >= 11 is 0. The molecule has 3 aromatic rings. The molecule has 2 N–H and O–H groups in total. The molecule has 0 amide bonds. The Morgan fingerprint density at radius 1 is 0.735 bits per heavy atom. The van der Waals surface area contributed by atoms with Gasteiger partial charge in [0.25, 0.3) is 0 Å². The number of unbranched alkanes of at least 4 members (excludes halogenated alkanes) is 1. The lowest BCUT2D eigenvalue weighted by Gasteiger charge is -2.19. The Hall–Kier alpha value is -3.80. The molecule has 34 heavy (non-hydrogen) atoms. The largest absolute Gasteiger partial charge is 0.489 e. The summed E-state index contributed by atoms with van der Waals surface area (Å²) in [5.41, 5.74) is 2.34. The Morgan fingerprint density at radius 3 is 2.03 bits per heavy atom. The molecule has 3 rings (SSSR count). The van der Waals surface area contributed by atoms with Crippen LogP contribution in [0.1, 0.15) is 47.2 Å². The molecule has 0 aliphatic rings. The van der Waals surface area contributed by atoms with E-state index in [2.05, 4.69) is 0 Å². The number of rotatable bonds is 14. The first-order valence-corrected chi connectivity index (χ1v) is 11.4. The molecule has 0 fully saturated rings. The highest BCUT2D eigenvalue weighted by Gasteiger charge is 2.14. The van der Waals surface area contributed by atoms with Crippen molar-refractivity contribution in [3.05, 3.63) is 95.6 Å². The van der Waals surface area contributed by atoms with E-state index in [1.165, 1.54) is 0 Å². The first-order chi connectivity index (χ1) is 16.5. The highest BCUT2D eigenvalue weighted by molar-refractivity contribution is 5.87. The number of carbonyl (C=O) groups is 2. The second-order valence-electron chi connectivity index (χ2n) is 8.24. The van der Waals surface area contributed by atoms with Gasteiger partial charge in [0.15, 0.2) is 11.5 Å². The number of ether oxygens (including phenoxy) is 2. The summed E-state index contributed by atoms with van der Waals surface area (Å²) in [6.45, 7) is 0.884. The van der Waals surface area contributed by atoms with Crippen molar-refractivity contribution in [2.45, 2.75) is 38.7 Å². The molecule has 0 saturated heterocycles. The van der Waals surface area contributed by atoms with E-state index in [1.807, 2.05) is 66.7 Å². The molecule has 6 nitrogen and oxygen atoms in total. The number of carboxylic acid groups (broad SMARTS) is 2. The van der Waals surface area contributed by atoms with Crippen molar-refractivity contribution in [3.63, 3.8) is 0 Å². The van der Waals surface area contributed by atoms with Gasteiger partial charge in [-0.3, -0.25) is 4.79 Å². The fourth-order valence-corrected chi connectivity index (χ4v) is 3.70. The monoisotopic (exact) mass is 462 g/mol. The molecule has 0 saturated carbocycles. The highest BCUT2D eigenvalue weighted by Crippen LogP contribution is 2.29. The lowest BCUT2D eigenvalue weighted by atomic mass is 9.94. The third kappa shape index (κ3) is 8.28. The van der Waals surface area contributed by atoms with E-state index in [-0.39, 0.29) is 17.9 Å². The van der Waals surface area contributed by atoms with E-state index in [9.17, 15) is 9.59 Å². The number of carboxylic acids is 2. The van der Waals surface area contributed by atoms with Crippen LogP contribution in [-0.2, 0) is 17.8 Å². The van der Waals surface area contributed by atoms with Gasteiger partial charge in [-0.25, -0.2) is 4.79 Å². The fourth-order valence-electron chi connectivity index (χ4n) is 3.70. The van der Waals surface area contributed by atoms with Gasteiger partial charge in [0.05, 0.1) is 12.2 Å². The Bertz CT molecular complexity index is 1050. The molecule has 0 heterocycles. The number of benzene rings is 3.